The Hall–Kier alpha value is -0.600. The molecule has 0 saturated heterocycles. The molecular weight excluding hydrogens is 75.0 g/mol. The summed E-state index contributed by atoms with van der Waals surface area (Å²) in [6, 6.07) is 0. The van der Waals surface area contributed by atoms with Gasteiger partial charge in [-0.05, 0) is 0 Å². The lowest BCUT2D eigenvalue weighted by atomic mass is 10.8. The molecule has 0 aromatic heterocycles. The molecule has 0 amide bonds. The normalized spacial score (nSPS) is 7.40. The van der Waals surface area contributed by atoms with E-state index in [0.29, 0.717) is 0 Å². The van der Waals surface area contributed by atoms with Crippen LogP contribution in [-0.4, -0.2) is 17.8 Å². The first-order chi connectivity index (χ1) is 2.27. The van der Waals surface area contributed by atoms with Crippen molar-refractivity contribution < 1.29 is 15.7 Å². The Bertz CT molecular complexity index is 46.8. The minimum atomic E-state index is -1.41. The summed E-state index contributed by atoms with van der Waals surface area (Å²) in [6.45, 7) is -1.28. The van der Waals surface area contributed by atoms with Gasteiger partial charge in [-0.1, -0.05) is 0 Å². The molecule has 30 valence electrons. The van der Waals surface area contributed by atoms with Gasteiger partial charge >= 0.3 is 7.40 Å². The first-order valence-electron chi connectivity index (χ1n) is 1.05. The molecule has 5 heavy (non-hydrogen) atoms. The average molecular weight is 79.0 g/mol. The zero-order valence-electron chi connectivity index (χ0n) is 3.44. The molecule has 0 radical (unpaired) electrons. The molecule has 0 fully saturated rings. The van der Waals surface area contributed by atoms with E-state index >= 15 is 0 Å². The Labute approximate surface area is 29.7 Å². The van der Waals surface area contributed by atoms with Crippen LogP contribution in [0.15, 0.2) is 0 Å². The van der Waals surface area contributed by atoms with Gasteiger partial charge in [0.05, 0.1) is 0 Å². The van der Waals surface area contributed by atoms with E-state index in [1.165, 1.54) is 0 Å². The van der Waals surface area contributed by atoms with E-state index in [-0.39, 0.29) is 1.43 Å². The summed E-state index contributed by atoms with van der Waals surface area (Å²) in [4.78, 5) is 8.99. The second-order valence-electron chi connectivity index (χ2n) is 0.527. The molecule has 0 aliphatic rings. The molecule has 0 unspecified atom stereocenters. The first kappa shape index (κ1) is 4.40. The molecule has 0 heterocycles. The molecule has 0 aromatic rings. The summed E-state index contributed by atoms with van der Waals surface area (Å²) in [6.07, 6.45) is 0. The van der Waals surface area contributed by atoms with Gasteiger partial charge in [-0.3, -0.25) is 0 Å². The van der Waals surface area contributed by atoms with Crippen molar-refractivity contribution in [2.24, 2.45) is 0 Å². The van der Waals surface area contributed by atoms with Crippen molar-refractivity contribution >= 4 is 5.97 Å². The smallest absolute Gasteiger partial charge is 0.479 e. The Kier molecular flexibility index (Phi) is 1.49. The second kappa shape index (κ2) is 1.69. The summed E-state index contributed by atoms with van der Waals surface area (Å²) in [5.74, 6) is -1.41. The zero-order valence-corrected chi connectivity index (χ0v) is 2.44. The number of hydrogen-bond acceptors (Lipinski definition) is 1. The molecule has 2 nitrogen and oxygen atoms in total. The van der Waals surface area contributed by atoms with Crippen LogP contribution in [0.3, 0.4) is 0 Å². The van der Waals surface area contributed by atoms with E-state index in [1.807, 2.05) is 0 Å². The van der Waals surface area contributed by atoms with Gasteiger partial charge in [0.1, 0.15) is 0 Å². The number of aliphatic carboxylic acids is 1. The Balaban J connectivity index is 0. The van der Waals surface area contributed by atoms with Crippen LogP contribution >= 0.6 is 0 Å². The van der Waals surface area contributed by atoms with Crippen molar-refractivity contribution in [2.75, 3.05) is 6.67 Å². The molecule has 0 rings (SSSR count). The van der Waals surface area contributed by atoms with Crippen LogP contribution in [0.1, 0.15) is 1.43 Å². The maximum Gasteiger partial charge on any atom is 1.00 e. The van der Waals surface area contributed by atoms with Gasteiger partial charge in [0.15, 0.2) is 6.67 Å². The van der Waals surface area contributed by atoms with Crippen molar-refractivity contribution in [1.29, 1.82) is 0 Å². The highest BCUT2D eigenvalue weighted by atomic mass is 19.1. The summed E-state index contributed by atoms with van der Waals surface area (Å²) in [5.41, 5.74) is 0. The molecule has 0 saturated carbocycles. The van der Waals surface area contributed by atoms with Crippen LogP contribution in [0.5, 0.6) is 0 Å². The highest BCUT2D eigenvalue weighted by molar-refractivity contribution is 5.67. The minimum Gasteiger partial charge on any atom is -0.479 e. The molecular formula is C2H4FO2+. The molecule has 0 aliphatic carbocycles. The number of hydrogen-bond donors (Lipinski definition) is 1. The highest BCUT2D eigenvalue weighted by Gasteiger charge is 1.85. The third kappa shape index (κ3) is 3.40. The monoisotopic (exact) mass is 79.0 g/mol. The molecule has 3 heteroatoms. The summed E-state index contributed by atoms with van der Waals surface area (Å²) in [7, 11) is 0. The van der Waals surface area contributed by atoms with Gasteiger partial charge < -0.3 is 5.11 Å². The molecule has 0 spiro atoms. The molecule has 0 bridgehead atoms. The van der Waals surface area contributed by atoms with Crippen LogP contribution in [0.25, 0.3) is 0 Å². The van der Waals surface area contributed by atoms with Crippen LogP contribution in [0.4, 0.5) is 4.39 Å². The second-order valence-corrected chi connectivity index (χ2v) is 0.527. The average Bonchev–Trinajstić information content (AvgIpc) is 1.38. The van der Waals surface area contributed by atoms with Crippen LogP contribution in [0, 0.1) is 0 Å². The zero-order chi connectivity index (χ0) is 4.28. The lowest BCUT2D eigenvalue weighted by molar-refractivity contribution is -0.137. The fourth-order valence-corrected chi connectivity index (χ4v) is 0. The predicted molar refractivity (Wildman–Crippen MR) is 14.7 cm³/mol. The first-order valence-corrected chi connectivity index (χ1v) is 1.05. The molecule has 1 N–H and O–H groups in total. The van der Waals surface area contributed by atoms with Gasteiger partial charge in [0.25, 0.3) is 0 Å². The standard InChI is InChI=1S/C2H3FO2/c3-1-2(4)5/h1H2,(H,4,5)/p+1. The van der Waals surface area contributed by atoms with Gasteiger partial charge in [-0.2, -0.15) is 0 Å². The van der Waals surface area contributed by atoms with E-state index in [0.717, 1.165) is 0 Å². The minimum absolute atomic E-state index is 0. The van der Waals surface area contributed by atoms with Gasteiger partial charge in [-0.15, -0.1) is 0 Å². The third-order valence-corrected chi connectivity index (χ3v) is 0.114. The van der Waals surface area contributed by atoms with E-state index in [9.17, 15) is 4.39 Å². The lowest BCUT2D eigenvalue weighted by Crippen LogP contribution is -1.93. The highest BCUT2D eigenvalue weighted by Crippen LogP contribution is 1.60. The quantitative estimate of drug-likeness (QED) is 0.485. The summed E-state index contributed by atoms with van der Waals surface area (Å²) < 4.78 is 10.5. The van der Waals surface area contributed by atoms with E-state index in [2.05, 4.69) is 0 Å². The Morgan fingerprint density at radius 2 is 2.40 bits per heavy atom. The molecule has 0 atom stereocenters. The predicted octanol–water partition coefficient (Wildman–Crippen LogP) is 0.153. The fourth-order valence-electron chi connectivity index (χ4n) is 0. The van der Waals surface area contributed by atoms with E-state index in [4.69, 9.17) is 9.90 Å². The van der Waals surface area contributed by atoms with Crippen molar-refractivity contribution in [3.63, 3.8) is 0 Å². The summed E-state index contributed by atoms with van der Waals surface area (Å²) in [5, 5.41) is 7.35. The number of halogens is 1. The lowest BCUT2D eigenvalue weighted by Gasteiger charge is -1.69. The number of rotatable bonds is 1. The Morgan fingerprint density at radius 3 is 2.40 bits per heavy atom. The van der Waals surface area contributed by atoms with E-state index < -0.39 is 12.6 Å². The molecule has 0 aliphatic heterocycles. The van der Waals surface area contributed by atoms with Crippen LogP contribution in [-0.2, 0) is 4.79 Å². The van der Waals surface area contributed by atoms with Crippen molar-refractivity contribution in [3.8, 4) is 0 Å². The fraction of sp³-hybridized carbons (Fsp3) is 0.500. The Morgan fingerprint density at radius 1 is 2.20 bits per heavy atom. The van der Waals surface area contributed by atoms with Crippen molar-refractivity contribution in [3.05, 3.63) is 0 Å². The largest absolute Gasteiger partial charge is 1.00 e. The van der Waals surface area contributed by atoms with Crippen molar-refractivity contribution in [1.82, 2.24) is 0 Å². The maximum atomic E-state index is 10.5. The van der Waals surface area contributed by atoms with Crippen LogP contribution < -0.4 is 0 Å². The van der Waals surface area contributed by atoms with Crippen LogP contribution in [0.2, 0.25) is 0 Å². The van der Waals surface area contributed by atoms with Gasteiger partial charge in [-0.25, -0.2) is 9.18 Å². The maximum absolute atomic E-state index is 10.5. The number of carbonyl (C=O) groups is 1. The SMILES string of the molecule is O=C(O)CF.[H+]. The number of alkyl halides is 1. The molecule has 0 aromatic carbocycles. The topological polar surface area (TPSA) is 37.3 Å². The summed E-state index contributed by atoms with van der Waals surface area (Å²) >= 11 is 0. The van der Waals surface area contributed by atoms with Gasteiger partial charge in [0.2, 0.25) is 0 Å². The number of carboxylic acid groups (broad SMARTS) is 1. The number of carboxylic acids is 1. The van der Waals surface area contributed by atoms with E-state index in [1.54, 1.807) is 0 Å². The van der Waals surface area contributed by atoms with Crippen molar-refractivity contribution in [2.45, 2.75) is 0 Å². The van der Waals surface area contributed by atoms with Gasteiger partial charge in [0, 0.05) is 0 Å². The third-order valence-electron chi connectivity index (χ3n) is 0.114.